The van der Waals surface area contributed by atoms with Crippen molar-refractivity contribution in [3.05, 3.63) is 58.6 Å². The van der Waals surface area contributed by atoms with E-state index in [0.29, 0.717) is 10.6 Å². The Morgan fingerprint density at radius 3 is 2.61 bits per heavy atom. The Kier molecular flexibility index (Phi) is 6.02. The van der Waals surface area contributed by atoms with Crippen molar-refractivity contribution in [2.75, 3.05) is 37.8 Å². The van der Waals surface area contributed by atoms with Crippen molar-refractivity contribution in [1.29, 1.82) is 0 Å². The predicted molar refractivity (Wildman–Crippen MR) is 97.6 cm³/mol. The molecule has 2 rings (SSSR count). The molecule has 0 heterocycles. The van der Waals surface area contributed by atoms with Crippen LogP contribution in [-0.2, 0) is 0 Å². The minimum atomic E-state index is -0.139. The highest BCUT2D eigenvalue weighted by Crippen LogP contribution is 2.21. The quantitative estimate of drug-likeness (QED) is 0.844. The van der Waals surface area contributed by atoms with Crippen molar-refractivity contribution in [1.82, 2.24) is 4.90 Å². The third kappa shape index (κ3) is 4.98. The first-order valence-corrected chi connectivity index (χ1v) is 7.90. The van der Waals surface area contributed by atoms with Crippen LogP contribution in [0.3, 0.4) is 0 Å². The van der Waals surface area contributed by atoms with E-state index in [0.717, 1.165) is 30.0 Å². The molecule has 1 amide bonds. The molecule has 0 spiro atoms. The number of amides is 1. The van der Waals surface area contributed by atoms with E-state index in [9.17, 15) is 4.79 Å². The maximum atomic E-state index is 12.5. The van der Waals surface area contributed by atoms with Gasteiger partial charge in [-0.25, -0.2) is 0 Å². The monoisotopic (exact) mass is 331 g/mol. The van der Waals surface area contributed by atoms with Crippen LogP contribution in [0.5, 0.6) is 0 Å². The first-order valence-electron chi connectivity index (χ1n) is 7.52. The van der Waals surface area contributed by atoms with Crippen molar-refractivity contribution < 1.29 is 4.79 Å². The predicted octanol–water partition coefficient (Wildman–Crippen LogP) is 3.87. The molecule has 0 saturated heterocycles. The van der Waals surface area contributed by atoms with Crippen LogP contribution in [0.25, 0.3) is 0 Å². The zero-order valence-electron chi connectivity index (χ0n) is 13.7. The van der Waals surface area contributed by atoms with Gasteiger partial charge in [-0.1, -0.05) is 23.7 Å². The summed E-state index contributed by atoms with van der Waals surface area (Å²) in [6.45, 7) is 3.58. The minimum absolute atomic E-state index is 0.139. The Hall–Kier alpha value is -2.04. The van der Waals surface area contributed by atoms with E-state index in [1.54, 1.807) is 12.1 Å². The molecule has 122 valence electrons. The van der Waals surface area contributed by atoms with Gasteiger partial charge in [0, 0.05) is 29.5 Å². The molecule has 0 radical (unpaired) electrons. The zero-order chi connectivity index (χ0) is 16.8. The second kappa shape index (κ2) is 7.99. The van der Waals surface area contributed by atoms with Gasteiger partial charge >= 0.3 is 0 Å². The lowest BCUT2D eigenvalue weighted by Gasteiger charge is -2.14. The minimum Gasteiger partial charge on any atom is -0.383 e. The van der Waals surface area contributed by atoms with Crippen LogP contribution in [0.1, 0.15) is 15.9 Å². The molecule has 2 N–H and O–H groups in total. The number of carbonyl (C=O) groups excluding carboxylic acids is 1. The number of para-hydroxylation sites is 1. The van der Waals surface area contributed by atoms with Gasteiger partial charge in [0.2, 0.25) is 0 Å². The van der Waals surface area contributed by atoms with E-state index >= 15 is 0 Å². The molecule has 0 aliphatic heterocycles. The van der Waals surface area contributed by atoms with Crippen LogP contribution < -0.4 is 10.6 Å². The van der Waals surface area contributed by atoms with Crippen LogP contribution in [0.2, 0.25) is 5.02 Å². The zero-order valence-corrected chi connectivity index (χ0v) is 14.4. The maximum absolute atomic E-state index is 12.5. The lowest BCUT2D eigenvalue weighted by atomic mass is 10.1. The highest BCUT2D eigenvalue weighted by atomic mass is 35.5. The summed E-state index contributed by atoms with van der Waals surface area (Å²) < 4.78 is 0. The van der Waals surface area contributed by atoms with E-state index in [1.165, 1.54) is 0 Å². The summed E-state index contributed by atoms with van der Waals surface area (Å²) in [6.07, 6.45) is 0. The Morgan fingerprint density at radius 1 is 1.17 bits per heavy atom. The third-order valence-electron chi connectivity index (χ3n) is 3.46. The number of nitrogens with one attached hydrogen (secondary N) is 2. The number of likely N-dealkylation sites (N-methyl/N-ethyl adjacent to an activating group) is 1. The summed E-state index contributed by atoms with van der Waals surface area (Å²) in [4.78, 5) is 14.6. The largest absolute Gasteiger partial charge is 0.383 e. The summed E-state index contributed by atoms with van der Waals surface area (Å²) >= 11 is 6.02. The first-order chi connectivity index (χ1) is 11.0. The molecule has 0 bridgehead atoms. The Bertz CT molecular complexity index is 686. The highest BCUT2D eigenvalue weighted by Gasteiger charge is 2.11. The van der Waals surface area contributed by atoms with Crippen LogP contribution in [-0.4, -0.2) is 38.0 Å². The molecule has 4 nitrogen and oxygen atoms in total. The fourth-order valence-electron chi connectivity index (χ4n) is 2.17. The fraction of sp³-hybridized carbons (Fsp3) is 0.278. The third-order valence-corrected chi connectivity index (χ3v) is 3.89. The second-order valence-electron chi connectivity index (χ2n) is 5.69. The molecule has 2 aromatic rings. The average molecular weight is 332 g/mol. The molecular formula is C18H22ClN3O. The van der Waals surface area contributed by atoms with Crippen molar-refractivity contribution in [3.63, 3.8) is 0 Å². The van der Waals surface area contributed by atoms with Gasteiger partial charge in [-0.2, -0.15) is 0 Å². The standard InChI is InChI=1S/C18H22ClN3O/c1-13-12-14(8-9-16(13)19)21-18(23)15-6-4-5-7-17(15)20-10-11-22(2)3/h4-9,12,20H,10-11H2,1-3H3,(H,21,23). The average Bonchev–Trinajstić information content (AvgIpc) is 2.51. The summed E-state index contributed by atoms with van der Waals surface area (Å²) in [5.41, 5.74) is 3.12. The first kappa shape index (κ1) is 17.3. The Balaban J connectivity index is 2.10. The van der Waals surface area contributed by atoms with E-state index in [2.05, 4.69) is 15.5 Å². The molecule has 0 fully saturated rings. The summed E-state index contributed by atoms with van der Waals surface area (Å²) in [5.74, 6) is -0.139. The van der Waals surface area contributed by atoms with Gasteiger partial charge in [-0.05, 0) is 56.9 Å². The molecule has 0 unspecified atom stereocenters. The van der Waals surface area contributed by atoms with Crippen LogP contribution in [0, 0.1) is 6.92 Å². The van der Waals surface area contributed by atoms with Crippen molar-refractivity contribution in [2.45, 2.75) is 6.92 Å². The van der Waals surface area contributed by atoms with Gasteiger partial charge in [0.25, 0.3) is 5.91 Å². The number of anilines is 2. The lowest BCUT2D eigenvalue weighted by molar-refractivity contribution is 0.102. The number of halogens is 1. The fourth-order valence-corrected chi connectivity index (χ4v) is 2.29. The van der Waals surface area contributed by atoms with Gasteiger partial charge in [-0.15, -0.1) is 0 Å². The van der Waals surface area contributed by atoms with Gasteiger partial charge in [0.05, 0.1) is 5.56 Å². The van der Waals surface area contributed by atoms with E-state index in [4.69, 9.17) is 11.6 Å². The van der Waals surface area contributed by atoms with Gasteiger partial charge in [0.1, 0.15) is 0 Å². The molecule has 23 heavy (non-hydrogen) atoms. The van der Waals surface area contributed by atoms with Crippen LogP contribution in [0.4, 0.5) is 11.4 Å². The van der Waals surface area contributed by atoms with E-state index in [1.807, 2.05) is 51.4 Å². The number of aryl methyl sites for hydroxylation is 1. The van der Waals surface area contributed by atoms with Crippen molar-refractivity contribution in [2.24, 2.45) is 0 Å². The SMILES string of the molecule is Cc1cc(NC(=O)c2ccccc2NCCN(C)C)ccc1Cl. The summed E-state index contributed by atoms with van der Waals surface area (Å²) in [6, 6.07) is 13.0. The number of hydrogen-bond acceptors (Lipinski definition) is 3. The normalized spacial score (nSPS) is 10.7. The van der Waals surface area contributed by atoms with E-state index in [-0.39, 0.29) is 5.91 Å². The smallest absolute Gasteiger partial charge is 0.257 e. The molecule has 0 aliphatic carbocycles. The molecule has 0 aromatic heterocycles. The molecule has 5 heteroatoms. The van der Waals surface area contributed by atoms with Crippen molar-refractivity contribution >= 4 is 28.9 Å². The van der Waals surface area contributed by atoms with Crippen LogP contribution >= 0.6 is 11.6 Å². The van der Waals surface area contributed by atoms with Gasteiger partial charge < -0.3 is 15.5 Å². The maximum Gasteiger partial charge on any atom is 0.257 e. The molecule has 2 aromatic carbocycles. The number of rotatable bonds is 6. The summed E-state index contributed by atoms with van der Waals surface area (Å²) in [7, 11) is 4.03. The highest BCUT2D eigenvalue weighted by molar-refractivity contribution is 6.31. The Labute approximate surface area is 142 Å². The lowest BCUT2D eigenvalue weighted by Crippen LogP contribution is -2.22. The van der Waals surface area contributed by atoms with E-state index < -0.39 is 0 Å². The Morgan fingerprint density at radius 2 is 1.91 bits per heavy atom. The van der Waals surface area contributed by atoms with Crippen LogP contribution in [0.15, 0.2) is 42.5 Å². The number of carbonyl (C=O) groups is 1. The topological polar surface area (TPSA) is 44.4 Å². The van der Waals surface area contributed by atoms with Gasteiger partial charge in [0.15, 0.2) is 0 Å². The second-order valence-corrected chi connectivity index (χ2v) is 6.10. The molecule has 0 atom stereocenters. The number of hydrogen-bond donors (Lipinski definition) is 2. The molecular weight excluding hydrogens is 310 g/mol. The number of nitrogens with zero attached hydrogens (tertiary/aromatic N) is 1. The number of benzene rings is 2. The molecule has 0 aliphatic rings. The molecule has 0 saturated carbocycles. The van der Waals surface area contributed by atoms with Gasteiger partial charge in [-0.3, -0.25) is 4.79 Å². The summed E-state index contributed by atoms with van der Waals surface area (Å²) in [5, 5.41) is 6.91. The van der Waals surface area contributed by atoms with Crippen molar-refractivity contribution in [3.8, 4) is 0 Å².